The minimum Gasteiger partial charge on any atom is -0.494 e. The quantitative estimate of drug-likeness (QED) is 0.810. The lowest BCUT2D eigenvalue weighted by atomic mass is 10.1. The summed E-state index contributed by atoms with van der Waals surface area (Å²) in [7, 11) is 1.85. The van der Waals surface area contributed by atoms with Gasteiger partial charge >= 0.3 is 0 Å². The number of amides is 1. The second-order valence-electron chi connectivity index (χ2n) is 5.83. The fourth-order valence-electron chi connectivity index (χ4n) is 2.80. The third-order valence-corrected chi connectivity index (χ3v) is 3.95. The van der Waals surface area contributed by atoms with E-state index in [1.54, 1.807) is 4.90 Å². The lowest BCUT2D eigenvalue weighted by Gasteiger charge is -2.21. The first-order valence-electron chi connectivity index (χ1n) is 8.11. The van der Waals surface area contributed by atoms with Crippen LogP contribution in [-0.4, -0.2) is 36.5 Å². The largest absolute Gasteiger partial charge is 0.494 e. The Hall–Kier alpha value is -1.59. The normalized spacial score (nSPS) is 20.9. The van der Waals surface area contributed by atoms with Crippen molar-refractivity contribution in [2.24, 2.45) is 0 Å². The topological polar surface area (TPSA) is 53.6 Å². The van der Waals surface area contributed by atoms with Crippen LogP contribution in [0.4, 0.5) is 0 Å². The van der Waals surface area contributed by atoms with Gasteiger partial charge in [-0.3, -0.25) is 10.2 Å². The maximum Gasteiger partial charge on any atom is 0.241 e. The molecule has 5 nitrogen and oxygen atoms in total. The van der Waals surface area contributed by atoms with Gasteiger partial charge in [-0.1, -0.05) is 25.5 Å². The number of carbonyl (C=O) groups is 1. The van der Waals surface area contributed by atoms with E-state index in [0.29, 0.717) is 19.2 Å². The Bertz CT molecular complexity index is 475. The number of carbonyl (C=O) groups excluding carboxylic acids is 1. The molecule has 1 aliphatic heterocycles. The van der Waals surface area contributed by atoms with E-state index in [1.165, 1.54) is 0 Å². The first-order chi connectivity index (χ1) is 10.6. The first kappa shape index (κ1) is 16.8. The highest BCUT2D eigenvalue weighted by Crippen LogP contribution is 2.16. The van der Waals surface area contributed by atoms with Crippen LogP contribution in [0.15, 0.2) is 24.3 Å². The average molecular weight is 305 g/mol. The summed E-state index contributed by atoms with van der Waals surface area (Å²) in [6.45, 7) is 5.41. The summed E-state index contributed by atoms with van der Waals surface area (Å²) >= 11 is 0. The summed E-state index contributed by atoms with van der Waals surface area (Å²) in [5.74, 6) is 1.00. The van der Waals surface area contributed by atoms with E-state index in [1.807, 2.05) is 38.2 Å². The van der Waals surface area contributed by atoms with Crippen molar-refractivity contribution in [3.63, 3.8) is 0 Å². The second-order valence-corrected chi connectivity index (χ2v) is 5.83. The van der Waals surface area contributed by atoms with Crippen molar-refractivity contribution in [3.8, 4) is 5.75 Å². The molecule has 2 atom stereocenters. The molecule has 0 spiro atoms. The molecule has 1 aliphatic rings. The van der Waals surface area contributed by atoms with Crippen LogP contribution in [0.5, 0.6) is 5.75 Å². The molecule has 1 amide bonds. The lowest BCUT2D eigenvalue weighted by molar-refractivity contribution is -0.132. The Balaban J connectivity index is 1.86. The number of nitrogens with one attached hydrogen (secondary N) is 2. The molecule has 0 radical (unpaired) electrons. The van der Waals surface area contributed by atoms with E-state index in [9.17, 15) is 4.79 Å². The van der Waals surface area contributed by atoms with E-state index < -0.39 is 0 Å². The number of hydrazine groups is 1. The Kier molecular flexibility index (Phi) is 6.21. The minimum atomic E-state index is -0.121. The van der Waals surface area contributed by atoms with Crippen LogP contribution in [-0.2, 0) is 11.3 Å². The smallest absolute Gasteiger partial charge is 0.241 e. The Morgan fingerprint density at radius 3 is 2.64 bits per heavy atom. The predicted molar refractivity (Wildman–Crippen MR) is 87.5 cm³/mol. The third-order valence-electron chi connectivity index (χ3n) is 3.95. The van der Waals surface area contributed by atoms with Crippen LogP contribution in [0.1, 0.15) is 38.7 Å². The highest BCUT2D eigenvalue weighted by atomic mass is 16.5. The molecule has 2 unspecified atom stereocenters. The molecule has 1 aromatic rings. The summed E-state index contributed by atoms with van der Waals surface area (Å²) in [5, 5.41) is 0. The SMILES string of the molecule is CCCC1CC(C(=O)N(C)Cc2ccc(OCC)cc2)NN1. The maximum atomic E-state index is 12.5. The molecule has 122 valence electrons. The Morgan fingerprint density at radius 2 is 2.00 bits per heavy atom. The van der Waals surface area contributed by atoms with Gasteiger partial charge < -0.3 is 9.64 Å². The molecule has 0 saturated carbocycles. The Labute approximate surface area is 133 Å². The molecule has 1 aromatic carbocycles. The second kappa shape index (κ2) is 8.15. The highest BCUT2D eigenvalue weighted by molar-refractivity contribution is 5.82. The van der Waals surface area contributed by atoms with Crippen molar-refractivity contribution in [3.05, 3.63) is 29.8 Å². The standard InChI is InChI=1S/C17H27N3O2/c1-4-6-14-11-16(19-18-14)17(21)20(3)12-13-7-9-15(10-8-13)22-5-2/h7-10,14,16,18-19H,4-6,11-12H2,1-3H3. The fourth-order valence-corrected chi connectivity index (χ4v) is 2.80. The number of benzene rings is 1. The van der Waals surface area contributed by atoms with Gasteiger partial charge in [0.2, 0.25) is 5.91 Å². The molecule has 0 aliphatic carbocycles. The van der Waals surface area contributed by atoms with Gasteiger partial charge in [-0.15, -0.1) is 0 Å². The van der Waals surface area contributed by atoms with Gasteiger partial charge in [0.15, 0.2) is 0 Å². The van der Waals surface area contributed by atoms with Crippen LogP contribution in [0.25, 0.3) is 0 Å². The zero-order valence-corrected chi connectivity index (χ0v) is 13.8. The molecule has 0 aromatic heterocycles. The van der Waals surface area contributed by atoms with Gasteiger partial charge in [-0.25, -0.2) is 5.43 Å². The zero-order valence-electron chi connectivity index (χ0n) is 13.8. The number of ether oxygens (including phenoxy) is 1. The van der Waals surface area contributed by atoms with E-state index in [2.05, 4.69) is 17.8 Å². The van der Waals surface area contributed by atoms with E-state index >= 15 is 0 Å². The van der Waals surface area contributed by atoms with Crippen molar-refractivity contribution in [1.29, 1.82) is 0 Å². The molecule has 2 N–H and O–H groups in total. The van der Waals surface area contributed by atoms with Crippen LogP contribution >= 0.6 is 0 Å². The van der Waals surface area contributed by atoms with Crippen LogP contribution in [0.2, 0.25) is 0 Å². The van der Waals surface area contributed by atoms with E-state index in [4.69, 9.17) is 4.74 Å². The minimum absolute atomic E-state index is 0.121. The molecule has 2 rings (SSSR count). The molecular formula is C17H27N3O2. The lowest BCUT2D eigenvalue weighted by Crippen LogP contribution is -2.43. The molecule has 0 bridgehead atoms. The Morgan fingerprint density at radius 1 is 1.27 bits per heavy atom. The van der Waals surface area contributed by atoms with Crippen molar-refractivity contribution in [2.75, 3.05) is 13.7 Å². The zero-order chi connectivity index (χ0) is 15.9. The number of hydrogen-bond acceptors (Lipinski definition) is 4. The molecule has 1 saturated heterocycles. The van der Waals surface area contributed by atoms with Gasteiger partial charge in [0.1, 0.15) is 11.8 Å². The third kappa shape index (κ3) is 4.45. The summed E-state index contributed by atoms with van der Waals surface area (Å²) in [6.07, 6.45) is 3.09. The molecule has 1 fully saturated rings. The van der Waals surface area contributed by atoms with Crippen molar-refractivity contribution < 1.29 is 9.53 Å². The summed E-state index contributed by atoms with van der Waals surface area (Å²) in [6, 6.07) is 8.19. The summed E-state index contributed by atoms with van der Waals surface area (Å²) in [5.41, 5.74) is 7.44. The van der Waals surface area contributed by atoms with E-state index in [0.717, 1.165) is 30.6 Å². The monoisotopic (exact) mass is 305 g/mol. The number of rotatable bonds is 7. The maximum absolute atomic E-state index is 12.5. The first-order valence-corrected chi connectivity index (χ1v) is 8.11. The van der Waals surface area contributed by atoms with Gasteiger partial charge in [0.05, 0.1) is 6.61 Å². The number of nitrogens with zero attached hydrogens (tertiary/aromatic N) is 1. The van der Waals surface area contributed by atoms with Crippen LogP contribution in [0, 0.1) is 0 Å². The van der Waals surface area contributed by atoms with Crippen LogP contribution < -0.4 is 15.6 Å². The highest BCUT2D eigenvalue weighted by Gasteiger charge is 2.30. The fraction of sp³-hybridized carbons (Fsp3) is 0.588. The summed E-state index contributed by atoms with van der Waals surface area (Å²) in [4.78, 5) is 14.2. The molecule has 1 heterocycles. The van der Waals surface area contributed by atoms with Crippen molar-refractivity contribution in [2.45, 2.75) is 51.7 Å². The van der Waals surface area contributed by atoms with Gasteiger partial charge in [-0.2, -0.15) is 0 Å². The van der Waals surface area contributed by atoms with Gasteiger partial charge in [0.25, 0.3) is 0 Å². The van der Waals surface area contributed by atoms with Gasteiger partial charge in [0, 0.05) is 19.6 Å². The number of likely N-dealkylation sites (N-methyl/N-ethyl adjacent to an activating group) is 1. The van der Waals surface area contributed by atoms with Crippen molar-refractivity contribution >= 4 is 5.91 Å². The van der Waals surface area contributed by atoms with E-state index in [-0.39, 0.29) is 11.9 Å². The molecule has 5 heteroatoms. The predicted octanol–water partition coefficient (Wildman–Crippen LogP) is 2.08. The van der Waals surface area contributed by atoms with Gasteiger partial charge in [-0.05, 0) is 37.5 Å². The molecular weight excluding hydrogens is 278 g/mol. The van der Waals surface area contributed by atoms with Crippen molar-refractivity contribution in [1.82, 2.24) is 15.8 Å². The molecule has 22 heavy (non-hydrogen) atoms. The average Bonchev–Trinajstić information content (AvgIpc) is 2.98. The van der Waals surface area contributed by atoms with Crippen LogP contribution in [0.3, 0.4) is 0 Å². The number of hydrogen-bond donors (Lipinski definition) is 2. The summed E-state index contributed by atoms with van der Waals surface area (Å²) < 4.78 is 5.43.